The Morgan fingerprint density at radius 2 is 2.11 bits per heavy atom. The van der Waals surface area contributed by atoms with Crippen LogP contribution in [0.4, 0.5) is 4.39 Å². The van der Waals surface area contributed by atoms with Gasteiger partial charge in [0.1, 0.15) is 5.82 Å². The number of thiophene rings is 1. The first-order valence-electron chi connectivity index (χ1n) is 5.97. The molecular formula is C14H13ClFNS. The lowest BCUT2D eigenvalue weighted by molar-refractivity contribution is 0.601. The minimum absolute atomic E-state index is 0.330. The summed E-state index contributed by atoms with van der Waals surface area (Å²) in [4.78, 5) is 2.45. The largest absolute Gasteiger partial charge is 0.320 e. The van der Waals surface area contributed by atoms with Gasteiger partial charge in [-0.2, -0.15) is 0 Å². The van der Waals surface area contributed by atoms with Crippen molar-refractivity contribution in [2.24, 2.45) is 5.73 Å². The van der Waals surface area contributed by atoms with Crippen molar-refractivity contribution >= 4 is 22.9 Å². The fourth-order valence-electron chi connectivity index (χ4n) is 2.41. The fraction of sp³-hybridized carbons (Fsp3) is 0.286. The predicted molar refractivity (Wildman–Crippen MR) is 73.8 cm³/mol. The van der Waals surface area contributed by atoms with Gasteiger partial charge in [-0.25, -0.2) is 4.39 Å². The third-order valence-corrected chi connectivity index (χ3v) is 4.93. The van der Waals surface area contributed by atoms with Crippen molar-refractivity contribution in [1.82, 2.24) is 0 Å². The highest BCUT2D eigenvalue weighted by Gasteiger charge is 2.20. The summed E-state index contributed by atoms with van der Waals surface area (Å²) in [5, 5.41) is 0.400. The van der Waals surface area contributed by atoms with Crippen molar-refractivity contribution in [2.45, 2.75) is 25.3 Å². The molecule has 0 aliphatic heterocycles. The molecule has 18 heavy (non-hydrogen) atoms. The highest BCUT2D eigenvalue weighted by molar-refractivity contribution is 7.12. The van der Waals surface area contributed by atoms with E-state index >= 15 is 0 Å². The van der Waals surface area contributed by atoms with Gasteiger partial charge >= 0.3 is 0 Å². The molecule has 0 spiro atoms. The second kappa shape index (κ2) is 4.65. The highest BCUT2D eigenvalue weighted by atomic mass is 35.5. The minimum atomic E-state index is -0.391. The van der Waals surface area contributed by atoms with Crippen molar-refractivity contribution in [3.63, 3.8) is 0 Å². The molecule has 0 saturated heterocycles. The first-order chi connectivity index (χ1) is 8.65. The van der Waals surface area contributed by atoms with Crippen LogP contribution >= 0.6 is 22.9 Å². The number of hydrogen-bond donors (Lipinski definition) is 1. The summed E-state index contributed by atoms with van der Waals surface area (Å²) in [5.41, 5.74) is 8.06. The van der Waals surface area contributed by atoms with Crippen molar-refractivity contribution in [1.29, 1.82) is 0 Å². The lowest BCUT2D eigenvalue weighted by atomic mass is 10.0. The van der Waals surface area contributed by atoms with Gasteiger partial charge < -0.3 is 5.73 Å². The number of rotatable bonds is 2. The molecule has 4 heteroatoms. The molecule has 0 fully saturated rings. The van der Waals surface area contributed by atoms with Gasteiger partial charge in [0, 0.05) is 20.3 Å². The van der Waals surface area contributed by atoms with Crippen molar-refractivity contribution in [3.05, 3.63) is 56.0 Å². The molecule has 1 nitrogen and oxygen atoms in total. The zero-order valence-electron chi connectivity index (χ0n) is 9.75. The average Bonchev–Trinajstić information content (AvgIpc) is 2.87. The fourth-order valence-corrected chi connectivity index (χ4v) is 3.85. The summed E-state index contributed by atoms with van der Waals surface area (Å²) in [6, 6.07) is 6.41. The van der Waals surface area contributed by atoms with Crippen LogP contribution in [0, 0.1) is 5.82 Å². The zero-order valence-corrected chi connectivity index (χ0v) is 11.3. The SMILES string of the molecule is NC(c1cc2c(s1)CCC2)c1ccc(Cl)cc1F. The van der Waals surface area contributed by atoms with E-state index in [-0.39, 0.29) is 5.82 Å². The Bertz CT molecular complexity index is 572. The smallest absolute Gasteiger partial charge is 0.129 e. The number of halogens is 2. The van der Waals surface area contributed by atoms with E-state index in [2.05, 4.69) is 6.07 Å². The molecule has 0 saturated carbocycles. The summed E-state index contributed by atoms with van der Waals surface area (Å²) >= 11 is 7.46. The van der Waals surface area contributed by atoms with E-state index in [1.54, 1.807) is 23.5 Å². The third-order valence-electron chi connectivity index (χ3n) is 3.37. The van der Waals surface area contributed by atoms with Gasteiger partial charge in [-0.3, -0.25) is 0 Å². The van der Waals surface area contributed by atoms with Crippen LogP contribution in [0.1, 0.15) is 33.3 Å². The standard InChI is InChI=1S/C14H13ClFNS/c15-9-4-5-10(11(16)7-9)14(17)13-6-8-2-1-3-12(8)18-13/h4-7,14H,1-3,17H2. The summed E-state index contributed by atoms with van der Waals surface area (Å²) in [6.45, 7) is 0. The number of aryl methyl sites for hydroxylation is 2. The van der Waals surface area contributed by atoms with Crippen LogP contribution in [0.3, 0.4) is 0 Å². The van der Waals surface area contributed by atoms with E-state index < -0.39 is 6.04 Å². The lowest BCUT2D eigenvalue weighted by Gasteiger charge is -2.11. The normalized spacial score (nSPS) is 15.7. The van der Waals surface area contributed by atoms with E-state index in [1.165, 1.54) is 22.9 Å². The maximum absolute atomic E-state index is 13.8. The third kappa shape index (κ3) is 2.07. The average molecular weight is 282 g/mol. The summed E-state index contributed by atoms with van der Waals surface area (Å²) in [6.07, 6.45) is 3.49. The molecule has 0 radical (unpaired) electrons. The number of fused-ring (bicyclic) bond motifs is 1. The topological polar surface area (TPSA) is 26.0 Å². The predicted octanol–water partition coefficient (Wildman–Crippen LogP) is 4.08. The Hall–Kier alpha value is -0.900. The van der Waals surface area contributed by atoms with Crippen LogP contribution in [0.2, 0.25) is 5.02 Å². The molecule has 0 amide bonds. The van der Waals surface area contributed by atoms with E-state index in [9.17, 15) is 4.39 Å². The molecule has 94 valence electrons. The first kappa shape index (κ1) is 12.2. The van der Waals surface area contributed by atoms with Gasteiger partial charge in [-0.05, 0) is 43.0 Å². The van der Waals surface area contributed by atoms with Crippen molar-refractivity contribution < 1.29 is 4.39 Å². The van der Waals surface area contributed by atoms with E-state index in [4.69, 9.17) is 17.3 Å². The number of hydrogen-bond acceptors (Lipinski definition) is 2. The molecule has 1 aliphatic rings. The lowest BCUT2D eigenvalue weighted by Crippen LogP contribution is -2.12. The van der Waals surface area contributed by atoms with Crippen molar-refractivity contribution in [2.75, 3.05) is 0 Å². The summed E-state index contributed by atoms with van der Waals surface area (Å²) in [7, 11) is 0. The molecule has 1 aromatic heterocycles. The summed E-state index contributed by atoms with van der Waals surface area (Å²) in [5.74, 6) is -0.330. The van der Waals surface area contributed by atoms with Crippen LogP contribution < -0.4 is 5.73 Å². The van der Waals surface area contributed by atoms with Crippen LogP contribution in [0.15, 0.2) is 24.3 Å². The Morgan fingerprint density at radius 1 is 1.28 bits per heavy atom. The number of benzene rings is 1. The van der Waals surface area contributed by atoms with Gasteiger partial charge in [-0.15, -0.1) is 11.3 Å². The van der Waals surface area contributed by atoms with Gasteiger partial charge in [0.2, 0.25) is 0 Å². The highest BCUT2D eigenvalue weighted by Crippen LogP contribution is 2.35. The molecule has 2 N–H and O–H groups in total. The van der Waals surface area contributed by atoms with Crippen molar-refractivity contribution in [3.8, 4) is 0 Å². The Morgan fingerprint density at radius 3 is 2.83 bits per heavy atom. The van der Waals surface area contributed by atoms with Crippen LogP contribution in [-0.4, -0.2) is 0 Å². The molecule has 1 atom stereocenters. The van der Waals surface area contributed by atoms with E-state index in [0.29, 0.717) is 10.6 Å². The zero-order chi connectivity index (χ0) is 12.7. The maximum Gasteiger partial charge on any atom is 0.129 e. The van der Waals surface area contributed by atoms with Gasteiger partial charge in [0.25, 0.3) is 0 Å². The quantitative estimate of drug-likeness (QED) is 0.882. The Labute approximate surface area is 114 Å². The molecule has 1 unspecified atom stereocenters. The van der Waals surface area contributed by atoms with E-state index in [1.807, 2.05) is 0 Å². The second-order valence-corrected chi connectivity index (χ2v) is 6.20. The van der Waals surface area contributed by atoms with Gasteiger partial charge in [0.15, 0.2) is 0 Å². The first-order valence-corrected chi connectivity index (χ1v) is 7.16. The maximum atomic E-state index is 13.8. The minimum Gasteiger partial charge on any atom is -0.320 e. The molecule has 1 aliphatic carbocycles. The number of nitrogens with two attached hydrogens (primary N) is 1. The second-order valence-electron chi connectivity index (χ2n) is 4.59. The molecule has 0 bridgehead atoms. The molecule has 2 aromatic rings. The molecular weight excluding hydrogens is 269 g/mol. The van der Waals surface area contributed by atoms with Gasteiger partial charge in [-0.1, -0.05) is 17.7 Å². The summed E-state index contributed by atoms with van der Waals surface area (Å²) < 4.78 is 13.8. The Balaban J connectivity index is 1.95. The van der Waals surface area contributed by atoms with Crippen LogP contribution in [-0.2, 0) is 12.8 Å². The van der Waals surface area contributed by atoms with E-state index in [0.717, 1.165) is 17.7 Å². The van der Waals surface area contributed by atoms with Crippen LogP contribution in [0.25, 0.3) is 0 Å². The molecule has 1 heterocycles. The van der Waals surface area contributed by atoms with Gasteiger partial charge in [0.05, 0.1) is 6.04 Å². The Kier molecular flexibility index (Phi) is 3.14. The monoisotopic (exact) mass is 281 g/mol. The molecule has 3 rings (SSSR count). The van der Waals surface area contributed by atoms with Crippen LogP contribution in [0.5, 0.6) is 0 Å². The molecule has 1 aromatic carbocycles.